The van der Waals surface area contributed by atoms with Crippen LogP contribution in [0.25, 0.3) is 0 Å². The van der Waals surface area contributed by atoms with Gasteiger partial charge in [-0.05, 0) is 51.0 Å². The van der Waals surface area contributed by atoms with Gasteiger partial charge in [-0.1, -0.05) is 19.9 Å². The number of carbonyl (C=O) groups is 2. The number of carbonyl (C=O) groups excluding carboxylic acids is 2. The number of esters is 2. The van der Waals surface area contributed by atoms with E-state index < -0.39 is 17.1 Å². The molecule has 1 aliphatic heterocycles. The molecule has 1 saturated heterocycles. The van der Waals surface area contributed by atoms with Crippen molar-refractivity contribution in [1.29, 1.82) is 0 Å². The van der Waals surface area contributed by atoms with E-state index in [0.717, 1.165) is 4.88 Å². The van der Waals surface area contributed by atoms with Crippen molar-refractivity contribution >= 4 is 23.3 Å². The summed E-state index contributed by atoms with van der Waals surface area (Å²) >= 11 is 1.57. The fourth-order valence-electron chi connectivity index (χ4n) is 3.50. The zero-order valence-electron chi connectivity index (χ0n) is 15.9. The van der Waals surface area contributed by atoms with Crippen LogP contribution in [-0.2, 0) is 19.1 Å². The molecule has 0 spiro atoms. The van der Waals surface area contributed by atoms with Gasteiger partial charge in [0.25, 0.3) is 0 Å². The van der Waals surface area contributed by atoms with Crippen LogP contribution < -0.4 is 5.32 Å². The van der Waals surface area contributed by atoms with Crippen LogP contribution in [0.2, 0.25) is 0 Å². The van der Waals surface area contributed by atoms with Crippen LogP contribution in [0.15, 0.2) is 17.5 Å². The second kappa shape index (κ2) is 7.46. The zero-order valence-corrected chi connectivity index (χ0v) is 16.7. The van der Waals surface area contributed by atoms with Crippen molar-refractivity contribution in [2.24, 2.45) is 11.8 Å². The first-order valence-corrected chi connectivity index (χ1v) is 9.58. The smallest absolute Gasteiger partial charge is 0.326 e. The van der Waals surface area contributed by atoms with Gasteiger partial charge in [-0.2, -0.15) is 0 Å². The molecule has 0 bridgehead atoms. The lowest BCUT2D eigenvalue weighted by molar-refractivity contribution is -0.163. The van der Waals surface area contributed by atoms with Crippen molar-refractivity contribution in [2.75, 3.05) is 7.11 Å². The molecule has 1 aromatic heterocycles. The molecule has 3 atom stereocenters. The summed E-state index contributed by atoms with van der Waals surface area (Å²) in [4.78, 5) is 26.5. The lowest BCUT2D eigenvalue weighted by atomic mass is 9.84. The Labute approximate surface area is 154 Å². The Morgan fingerprint density at radius 2 is 2.08 bits per heavy atom. The van der Waals surface area contributed by atoms with Crippen molar-refractivity contribution in [2.45, 2.75) is 64.6 Å². The van der Waals surface area contributed by atoms with Crippen LogP contribution in [-0.4, -0.2) is 30.2 Å². The van der Waals surface area contributed by atoms with Gasteiger partial charge in [0.05, 0.1) is 19.1 Å². The minimum atomic E-state index is -0.880. The molecule has 140 valence electrons. The number of methoxy groups -OCH3 is 1. The van der Waals surface area contributed by atoms with Gasteiger partial charge < -0.3 is 9.47 Å². The van der Waals surface area contributed by atoms with Gasteiger partial charge in [0.2, 0.25) is 0 Å². The summed E-state index contributed by atoms with van der Waals surface area (Å²) in [7, 11) is 1.39. The highest BCUT2D eigenvalue weighted by molar-refractivity contribution is 7.10. The highest BCUT2D eigenvalue weighted by Crippen LogP contribution is 2.44. The van der Waals surface area contributed by atoms with Crippen LogP contribution in [0.4, 0.5) is 0 Å². The summed E-state index contributed by atoms with van der Waals surface area (Å²) in [6.45, 7) is 9.71. The molecule has 25 heavy (non-hydrogen) atoms. The fourth-order valence-corrected chi connectivity index (χ4v) is 4.34. The highest BCUT2D eigenvalue weighted by Gasteiger charge is 2.54. The average Bonchev–Trinajstić information content (AvgIpc) is 3.11. The summed E-state index contributed by atoms with van der Waals surface area (Å²) in [5, 5.41) is 5.43. The number of hydrogen-bond acceptors (Lipinski definition) is 6. The van der Waals surface area contributed by atoms with Gasteiger partial charge in [-0.3, -0.25) is 14.9 Å². The van der Waals surface area contributed by atoms with Gasteiger partial charge in [-0.15, -0.1) is 11.3 Å². The minimum absolute atomic E-state index is 0.237. The third-order valence-electron chi connectivity index (χ3n) is 4.30. The Morgan fingerprint density at radius 1 is 1.40 bits per heavy atom. The van der Waals surface area contributed by atoms with Gasteiger partial charge in [0, 0.05) is 4.88 Å². The Hall–Kier alpha value is -1.40. The normalized spacial score (nSPS) is 26.7. The maximum absolute atomic E-state index is 13.1. The number of thiophene rings is 1. The average molecular weight is 368 g/mol. The quantitative estimate of drug-likeness (QED) is 0.804. The van der Waals surface area contributed by atoms with Crippen molar-refractivity contribution < 1.29 is 19.1 Å². The summed E-state index contributed by atoms with van der Waals surface area (Å²) < 4.78 is 10.7. The summed E-state index contributed by atoms with van der Waals surface area (Å²) in [5.74, 6) is -0.711. The fraction of sp³-hybridized carbons (Fsp3) is 0.684. The van der Waals surface area contributed by atoms with E-state index in [1.54, 1.807) is 11.3 Å². The molecule has 1 aliphatic rings. The number of rotatable bonds is 5. The van der Waals surface area contributed by atoms with Gasteiger partial charge >= 0.3 is 11.9 Å². The summed E-state index contributed by atoms with van der Waals surface area (Å²) in [5.41, 5.74) is -1.46. The third kappa shape index (κ3) is 4.61. The molecule has 1 aromatic rings. The van der Waals surface area contributed by atoms with Gasteiger partial charge in [-0.25, -0.2) is 0 Å². The first kappa shape index (κ1) is 19.9. The summed E-state index contributed by atoms with van der Waals surface area (Å²) in [6.07, 6.45) is 0.993. The van der Waals surface area contributed by atoms with E-state index in [0.29, 0.717) is 12.8 Å². The predicted molar refractivity (Wildman–Crippen MR) is 98.3 cm³/mol. The maximum Gasteiger partial charge on any atom is 0.326 e. The number of nitrogens with one attached hydrogen (secondary N) is 1. The molecule has 2 heterocycles. The largest absolute Gasteiger partial charge is 0.469 e. The lowest BCUT2D eigenvalue weighted by Gasteiger charge is -2.33. The second-order valence-corrected chi connectivity index (χ2v) is 9.13. The van der Waals surface area contributed by atoms with E-state index in [1.165, 1.54) is 7.11 Å². The lowest BCUT2D eigenvalue weighted by Crippen LogP contribution is -2.51. The molecule has 0 unspecified atom stereocenters. The molecular weight excluding hydrogens is 338 g/mol. The SMILES string of the molecule is COC(=O)[C@H]1C[C@@](CC(C)C)(C(=O)OC(C)(C)C)N[C@H]1c1cccs1. The Bertz CT molecular complexity index is 605. The van der Waals surface area contributed by atoms with E-state index in [2.05, 4.69) is 19.2 Å². The van der Waals surface area contributed by atoms with E-state index in [1.807, 2.05) is 38.3 Å². The minimum Gasteiger partial charge on any atom is -0.469 e. The molecule has 0 aliphatic carbocycles. The molecule has 1 N–H and O–H groups in total. The monoisotopic (exact) mass is 367 g/mol. The van der Waals surface area contributed by atoms with Crippen molar-refractivity contribution in [1.82, 2.24) is 5.32 Å². The zero-order chi connectivity index (χ0) is 18.8. The van der Waals surface area contributed by atoms with Crippen molar-refractivity contribution in [3.8, 4) is 0 Å². The molecule has 6 heteroatoms. The van der Waals surface area contributed by atoms with E-state index in [4.69, 9.17) is 9.47 Å². The molecule has 1 fully saturated rings. The van der Waals surface area contributed by atoms with E-state index in [9.17, 15) is 9.59 Å². The van der Waals surface area contributed by atoms with Crippen molar-refractivity contribution in [3.05, 3.63) is 22.4 Å². The van der Waals surface area contributed by atoms with Crippen LogP contribution in [0.1, 0.15) is 58.4 Å². The highest BCUT2D eigenvalue weighted by atomic mass is 32.1. The molecule has 2 rings (SSSR count). The van der Waals surface area contributed by atoms with Crippen LogP contribution in [0.5, 0.6) is 0 Å². The number of ether oxygens (including phenoxy) is 2. The standard InChI is InChI=1S/C19H29NO4S/c1-12(2)10-19(17(22)24-18(3,4)5)11-13(16(21)23-6)15(20-19)14-8-7-9-25-14/h7-9,12-13,15,20H,10-11H2,1-6H3/t13-,15+,19-/m0/s1. The van der Waals surface area contributed by atoms with Gasteiger partial charge in [0.1, 0.15) is 11.1 Å². The van der Waals surface area contributed by atoms with E-state index >= 15 is 0 Å². The molecule has 5 nitrogen and oxygen atoms in total. The second-order valence-electron chi connectivity index (χ2n) is 8.15. The van der Waals surface area contributed by atoms with Crippen LogP contribution in [0.3, 0.4) is 0 Å². The topological polar surface area (TPSA) is 64.6 Å². The molecule has 0 radical (unpaired) electrons. The first-order valence-electron chi connectivity index (χ1n) is 8.70. The van der Waals surface area contributed by atoms with Crippen molar-refractivity contribution in [3.63, 3.8) is 0 Å². The Morgan fingerprint density at radius 3 is 2.56 bits per heavy atom. The predicted octanol–water partition coefficient (Wildman–Crippen LogP) is 3.70. The van der Waals surface area contributed by atoms with Crippen LogP contribution in [0, 0.1) is 11.8 Å². The summed E-state index contributed by atoms with van der Waals surface area (Å²) in [6, 6.07) is 3.70. The molecule has 0 amide bonds. The Kier molecular flexibility index (Phi) is 5.94. The molecule has 0 saturated carbocycles. The molecule has 0 aromatic carbocycles. The van der Waals surface area contributed by atoms with E-state index in [-0.39, 0.29) is 23.9 Å². The Balaban J connectivity index is 2.39. The first-order chi connectivity index (χ1) is 11.6. The van der Waals surface area contributed by atoms with Gasteiger partial charge in [0.15, 0.2) is 0 Å². The number of hydrogen-bond donors (Lipinski definition) is 1. The van der Waals surface area contributed by atoms with Crippen LogP contribution >= 0.6 is 11.3 Å². The molecular formula is C19H29NO4S. The maximum atomic E-state index is 13.1. The third-order valence-corrected chi connectivity index (χ3v) is 5.26.